The number of rotatable bonds is 3. The molecule has 0 aromatic carbocycles. The van der Waals surface area contributed by atoms with Gasteiger partial charge in [0.1, 0.15) is 18.3 Å². The number of aliphatic hydroxyl groups is 4. The molecule has 0 fully saturated rings. The Morgan fingerprint density at radius 1 is 1.26 bits per heavy atom. The van der Waals surface area contributed by atoms with Crippen molar-refractivity contribution in [3.05, 3.63) is 41.7 Å². The molecule has 0 bridgehead atoms. The average molecular weight is 264 g/mol. The second-order valence-corrected chi connectivity index (χ2v) is 4.38. The first-order chi connectivity index (χ1) is 9.13. The lowest BCUT2D eigenvalue weighted by Gasteiger charge is -2.32. The number of aliphatic hydroxyl groups excluding tert-OH is 4. The van der Waals surface area contributed by atoms with Crippen molar-refractivity contribution in [2.24, 2.45) is 4.99 Å². The van der Waals surface area contributed by atoms with Gasteiger partial charge in [-0.1, -0.05) is 12.1 Å². The fraction of sp³-hybridized carbons (Fsp3) is 0.385. The van der Waals surface area contributed by atoms with Crippen molar-refractivity contribution in [1.82, 2.24) is 4.98 Å². The minimum Gasteiger partial charge on any atom is -0.392 e. The average Bonchev–Trinajstić information content (AvgIpc) is 2.45. The second-order valence-electron chi connectivity index (χ2n) is 4.38. The van der Waals surface area contributed by atoms with E-state index in [1.54, 1.807) is 24.5 Å². The molecule has 0 saturated heterocycles. The van der Waals surface area contributed by atoms with Crippen LogP contribution in [0, 0.1) is 0 Å². The predicted octanol–water partition coefficient (Wildman–Crippen LogP) is -1.12. The summed E-state index contributed by atoms with van der Waals surface area (Å²) in [5, 5.41) is 38.2. The van der Waals surface area contributed by atoms with Gasteiger partial charge in [0.25, 0.3) is 0 Å². The molecular formula is C13H16N2O4. The summed E-state index contributed by atoms with van der Waals surface area (Å²) in [6.07, 6.45) is 2.41. The zero-order chi connectivity index (χ0) is 13.8. The Balaban J connectivity index is 2.19. The Morgan fingerprint density at radius 3 is 2.68 bits per heavy atom. The highest BCUT2D eigenvalue weighted by Crippen LogP contribution is 2.22. The van der Waals surface area contributed by atoms with Gasteiger partial charge in [0.15, 0.2) is 0 Å². The largest absolute Gasteiger partial charge is 0.392 e. The van der Waals surface area contributed by atoms with Crippen LogP contribution in [0.5, 0.6) is 0 Å². The van der Waals surface area contributed by atoms with E-state index in [4.69, 9.17) is 5.11 Å². The van der Waals surface area contributed by atoms with Crippen LogP contribution in [0.15, 0.2) is 41.2 Å². The second kappa shape index (κ2) is 6.03. The van der Waals surface area contributed by atoms with Crippen LogP contribution in [0.2, 0.25) is 0 Å². The fourth-order valence-electron chi connectivity index (χ4n) is 1.93. The molecule has 102 valence electrons. The van der Waals surface area contributed by atoms with E-state index in [0.717, 1.165) is 5.56 Å². The third-order valence-electron chi connectivity index (χ3n) is 3.05. The molecule has 1 heterocycles. The summed E-state index contributed by atoms with van der Waals surface area (Å²) >= 11 is 0. The van der Waals surface area contributed by atoms with Crippen molar-refractivity contribution in [2.45, 2.75) is 24.4 Å². The molecule has 6 heteroatoms. The molecule has 6 nitrogen and oxygen atoms in total. The molecule has 1 unspecified atom stereocenters. The molecule has 4 atom stereocenters. The molecule has 19 heavy (non-hydrogen) atoms. The zero-order valence-corrected chi connectivity index (χ0v) is 10.2. The van der Waals surface area contributed by atoms with Crippen molar-refractivity contribution >= 4 is 6.21 Å². The van der Waals surface area contributed by atoms with E-state index in [9.17, 15) is 15.3 Å². The van der Waals surface area contributed by atoms with Crippen LogP contribution >= 0.6 is 0 Å². The van der Waals surface area contributed by atoms with Crippen molar-refractivity contribution in [3.63, 3.8) is 0 Å². The van der Waals surface area contributed by atoms with Crippen molar-refractivity contribution in [1.29, 1.82) is 0 Å². The number of aromatic nitrogens is 1. The van der Waals surface area contributed by atoms with Gasteiger partial charge in [-0.05, 0) is 11.6 Å². The van der Waals surface area contributed by atoms with Gasteiger partial charge in [-0.25, -0.2) is 0 Å². The summed E-state index contributed by atoms with van der Waals surface area (Å²) in [4.78, 5) is 8.07. The number of hydrogen-bond acceptors (Lipinski definition) is 6. The first kappa shape index (κ1) is 13.8. The minimum absolute atomic E-state index is 0.256. The highest BCUT2D eigenvalue weighted by Gasteiger charge is 2.36. The minimum atomic E-state index is -1.36. The maximum absolute atomic E-state index is 9.83. The maximum Gasteiger partial charge on any atom is 0.112 e. The Labute approximate surface area is 110 Å². The molecule has 1 aromatic heterocycles. The van der Waals surface area contributed by atoms with Gasteiger partial charge in [-0.3, -0.25) is 9.98 Å². The molecule has 0 radical (unpaired) electrons. The van der Waals surface area contributed by atoms with Crippen LogP contribution in [-0.4, -0.2) is 62.6 Å². The molecule has 4 N–H and O–H groups in total. The summed E-state index contributed by atoms with van der Waals surface area (Å²) in [6.45, 7) is -0.385. The van der Waals surface area contributed by atoms with Crippen molar-refractivity contribution < 1.29 is 20.4 Å². The van der Waals surface area contributed by atoms with E-state index in [0.29, 0.717) is 0 Å². The maximum atomic E-state index is 9.83. The first-order valence-corrected chi connectivity index (χ1v) is 5.92. The standard InChI is InChI=1S/C13H16N2O4/c16-7-9-4-10(12(18)13(19)11(9)17)15-6-8-2-1-3-14-5-8/h1-6,10-13,16-19H,7H2/b15-6+/t10-,11+,12-,13?/m0/s1. The van der Waals surface area contributed by atoms with Crippen LogP contribution in [0.25, 0.3) is 0 Å². The van der Waals surface area contributed by atoms with Gasteiger partial charge < -0.3 is 20.4 Å². The van der Waals surface area contributed by atoms with E-state index in [2.05, 4.69) is 9.98 Å². The SMILES string of the molecule is OCC1=C[C@H](/N=C/c2cccnc2)[C@H](O)C(O)[C@@H]1O. The molecule has 0 amide bonds. The highest BCUT2D eigenvalue weighted by atomic mass is 16.4. The number of hydrogen-bond donors (Lipinski definition) is 4. The fourth-order valence-corrected chi connectivity index (χ4v) is 1.93. The first-order valence-electron chi connectivity index (χ1n) is 5.92. The molecule has 2 rings (SSSR count). The third kappa shape index (κ3) is 3.05. The van der Waals surface area contributed by atoms with Gasteiger partial charge in [0.05, 0.1) is 12.6 Å². The lowest BCUT2D eigenvalue weighted by Crippen LogP contribution is -2.48. The molecular weight excluding hydrogens is 248 g/mol. The van der Waals surface area contributed by atoms with Crippen molar-refractivity contribution in [3.8, 4) is 0 Å². The summed E-state index contributed by atoms with van der Waals surface area (Å²) < 4.78 is 0. The van der Waals surface area contributed by atoms with Crippen LogP contribution in [-0.2, 0) is 0 Å². The van der Waals surface area contributed by atoms with E-state index in [-0.39, 0.29) is 12.2 Å². The Morgan fingerprint density at radius 2 is 2.05 bits per heavy atom. The Hall–Kier alpha value is -1.60. The van der Waals surface area contributed by atoms with Crippen LogP contribution in [0.1, 0.15) is 5.56 Å². The summed E-state index contributed by atoms with van der Waals surface area (Å²) in [5.74, 6) is 0. The molecule has 1 aliphatic rings. The number of nitrogens with zero attached hydrogens (tertiary/aromatic N) is 2. The monoisotopic (exact) mass is 264 g/mol. The summed E-state index contributed by atoms with van der Waals surface area (Å²) in [7, 11) is 0. The number of pyridine rings is 1. The van der Waals surface area contributed by atoms with Crippen LogP contribution in [0.3, 0.4) is 0 Å². The predicted molar refractivity (Wildman–Crippen MR) is 68.8 cm³/mol. The van der Waals surface area contributed by atoms with Crippen LogP contribution in [0.4, 0.5) is 0 Å². The Bertz CT molecular complexity index is 475. The van der Waals surface area contributed by atoms with Gasteiger partial charge in [-0.2, -0.15) is 0 Å². The van der Waals surface area contributed by atoms with E-state index in [1.165, 1.54) is 12.3 Å². The highest BCUT2D eigenvalue weighted by molar-refractivity contribution is 5.79. The zero-order valence-electron chi connectivity index (χ0n) is 10.2. The van der Waals surface area contributed by atoms with Crippen molar-refractivity contribution in [2.75, 3.05) is 6.61 Å². The van der Waals surface area contributed by atoms with E-state index >= 15 is 0 Å². The van der Waals surface area contributed by atoms with E-state index in [1.807, 2.05) is 0 Å². The molecule has 0 saturated carbocycles. The molecule has 1 aliphatic carbocycles. The smallest absolute Gasteiger partial charge is 0.112 e. The van der Waals surface area contributed by atoms with E-state index < -0.39 is 24.4 Å². The van der Waals surface area contributed by atoms with Gasteiger partial charge in [-0.15, -0.1) is 0 Å². The molecule has 0 spiro atoms. The topological polar surface area (TPSA) is 106 Å². The molecule has 0 aliphatic heterocycles. The lowest BCUT2D eigenvalue weighted by molar-refractivity contribution is -0.0592. The normalized spacial score (nSPS) is 31.5. The Kier molecular flexibility index (Phi) is 4.39. The summed E-state index contributed by atoms with van der Waals surface area (Å²) in [6, 6.07) is 2.85. The molecule has 1 aromatic rings. The summed E-state index contributed by atoms with van der Waals surface area (Å²) in [5.41, 5.74) is 1.01. The quantitative estimate of drug-likeness (QED) is 0.409. The van der Waals surface area contributed by atoms with Gasteiger partial charge in [0, 0.05) is 24.2 Å². The van der Waals surface area contributed by atoms with Gasteiger partial charge >= 0.3 is 0 Å². The lowest BCUT2D eigenvalue weighted by atomic mass is 9.88. The third-order valence-corrected chi connectivity index (χ3v) is 3.05. The van der Waals surface area contributed by atoms with Crippen LogP contribution < -0.4 is 0 Å². The van der Waals surface area contributed by atoms with Gasteiger partial charge in [0.2, 0.25) is 0 Å². The number of aliphatic imine (C=N–C) groups is 1.